The molecule has 9 rings (SSSR count). The summed E-state index contributed by atoms with van der Waals surface area (Å²) in [6.45, 7) is 28.2. The second kappa shape index (κ2) is 17.0. The van der Waals surface area contributed by atoms with Crippen LogP contribution in [0.5, 0.6) is 11.5 Å². The smallest absolute Gasteiger partial charge is 0.137 e. The first-order valence-electron chi connectivity index (χ1n) is 23.8. The van der Waals surface area contributed by atoms with Crippen molar-refractivity contribution in [2.75, 3.05) is 16.5 Å². The van der Waals surface area contributed by atoms with Gasteiger partial charge in [-0.1, -0.05) is 156 Å². The van der Waals surface area contributed by atoms with Gasteiger partial charge in [-0.25, -0.2) is 4.98 Å². The maximum atomic E-state index is 6.87. The summed E-state index contributed by atoms with van der Waals surface area (Å²) in [5.41, 5.74) is 14.6. The average Bonchev–Trinajstić information content (AvgIpc) is 3.88. The minimum absolute atomic E-state index is 0.0243. The second-order valence-corrected chi connectivity index (χ2v) is 21.5. The molecule has 0 bridgehead atoms. The van der Waals surface area contributed by atoms with Gasteiger partial charge in [0.25, 0.3) is 0 Å². The fraction of sp³-hybridized carbons (Fsp3) is 0.295. The molecule has 0 fully saturated rings. The van der Waals surface area contributed by atoms with Gasteiger partial charge in [0.15, 0.2) is 0 Å². The van der Waals surface area contributed by atoms with Gasteiger partial charge in [0, 0.05) is 57.7 Å². The predicted molar refractivity (Wildman–Crippen MR) is 280 cm³/mol. The molecule has 0 atom stereocenters. The van der Waals surface area contributed by atoms with Crippen molar-refractivity contribution >= 4 is 38.9 Å². The Bertz CT molecular complexity index is 3070. The summed E-state index contributed by atoms with van der Waals surface area (Å²) in [4.78, 5) is 9.86. The summed E-state index contributed by atoms with van der Waals surface area (Å²) in [6.07, 6.45) is 4.30. The molecule has 0 saturated carbocycles. The number of hydrogen-bond acceptors (Lipinski definition) is 4. The van der Waals surface area contributed by atoms with Crippen molar-refractivity contribution in [3.05, 3.63) is 197 Å². The first-order chi connectivity index (χ1) is 31.4. The van der Waals surface area contributed by atoms with Crippen LogP contribution in [0.3, 0.4) is 0 Å². The fourth-order valence-corrected chi connectivity index (χ4v) is 9.64. The minimum atomic E-state index is -0.185. The van der Waals surface area contributed by atoms with Gasteiger partial charge in [-0.3, -0.25) is 4.57 Å². The first-order valence-corrected chi connectivity index (χ1v) is 23.8. The molecule has 6 aromatic carbocycles. The Hall–Kier alpha value is -6.59. The summed E-state index contributed by atoms with van der Waals surface area (Å²) in [5, 5.41) is 2.35. The maximum Gasteiger partial charge on any atom is 0.137 e. The van der Waals surface area contributed by atoms with Crippen molar-refractivity contribution in [2.24, 2.45) is 0 Å². The number of benzene rings is 6. The molecule has 66 heavy (non-hydrogen) atoms. The van der Waals surface area contributed by atoms with Crippen LogP contribution < -0.4 is 14.5 Å². The van der Waals surface area contributed by atoms with E-state index in [9.17, 15) is 0 Å². The van der Waals surface area contributed by atoms with Crippen LogP contribution in [0.4, 0.5) is 11.4 Å². The zero-order valence-corrected chi connectivity index (χ0v) is 41.1. The van der Waals surface area contributed by atoms with Crippen molar-refractivity contribution in [3.8, 4) is 17.3 Å². The molecular formula is C61H66N4O. The molecule has 5 heteroatoms. The molecule has 3 heterocycles. The Labute approximate surface area is 393 Å². The summed E-state index contributed by atoms with van der Waals surface area (Å²) in [5.74, 6) is 3.18. The van der Waals surface area contributed by atoms with Gasteiger partial charge in [-0.15, -0.1) is 0 Å². The number of rotatable bonds is 10. The van der Waals surface area contributed by atoms with Gasteiger partial charge in [0.1, 0.15) is 17.3 Å². The van der Waals surface area contributed by atoms with Gasteiger partial charge in [0.05, 0.1) is 23.4 Å². The van der Waals surface area contributed by atoms with Crippen molar-refractivity contribution in [1.29, 1.82) is 0 Å². The lowest BCUT2D eigenvalue weighted by molar-refractivity contribution is 0.483. The standard InChI is InChI=1S/C61H66N4O/c1-40(2)50-25-18-26-51(41(3)4)58(50)56-38-63(39-64(56)47-23-16-21-43(33-47)59(5,6)7)46-22-17-24-48(36-46)66-49-28-29-52-53-34-45(61(11,12)42-19-14-13-15-20-42)27-30-54(53)65(55(52)37-49)57-35-44(31-32-62-57)60(8,9)10/h13-38,40-41H,39H2,1-12H3. The molecule has 8 aromatic rings. The van der Waals surface area contributed by atoms with Crippen LogP contribution in [0, 0.1) is 0 Å². The van der Waals surface area contributed by atoms with E-state index in [4.69, 9.17) is 9.72 Å². The molecule has 336 valence electrons. The Morgan fingerprint density at radius 3 is 1.85 bits per heavy atom. The third-order valence-electron chi connectivity index (χ3n) is 13.7. The average molecular weight is 871 g/mol. The van der Waals surface area contributed by atoms with Gasteiger partial charge in [-0.2, -0.15) is 0 Å². The summed E-state index contributed by atoms with van der Waals surface area (Å²) in [7, 11) is 0. The summed E-state index contributed by atoms with van der Waals surface area (Å²) < 4.78 is 9.18. The number of anilines is 2. The van der Waals surface area contributed by atoms with Crippen LogP contribution in [0.25, 0.3) is 33.3 Å². The van der Waals surface area contributed by atoms with Gasteiger partial charge in [0.2, 0.25) is 0 Å². The SMILES string of the molecule is CC(C)c1cccc(C(C)C)c1C1=CN(c2cccc(Oc3ccc4c5cc(C(C)(C)c6ccccc6)ccc5n(-c5cc(C(C)(C)C)ccn5)c4c3)c2)CN1c1cccc(C(C)(C)C)c1. The Balaban J connectivity index is 1.13. The molecule has 2 aromatic heterocycles. The quantitative estimate of drug-likeness (QED) is 0.137. The molecule has 0 aliphatic carbocycles. The zero-order valence-electron chi connectivity index (χ0n) is 41.1. The topological polar surface area (TPSA) is 33.5 Å². The van der Waals surface area contributed by atoms with E-state index < -0.39 is 0 Å². The van der Waals surface area contributed by atoms with E-state index in [2.05, 4.69) is 249 Å². The van der Waals surface area contributed by atoms with Crippen LogP contribution in [-0.4, -0.2) is 16.2 Å². The van der Waals surface area contributed by atoms with Crippen molar-refractivity contribution in [2.45, 2.75) is 111 Å². The van der Waals surface area contributed by atoms with Crippen LogP contribution >= 0.6 is 0 Å². The Morgan fingerprint density at radius 2 is 1.15 bits per heavy atom. The molecule has 1 aliphatic rings. The van der Waals surface area contributed by atoms with Crippen LogP contribution in [0.15, 0.2) is 158 Å². The number of ether oxygens (including phenoxy) is 1. The number of aromatic nitrogens is 2. The molecule has 0 radical (unpaired) electrons. The largest absolute Gasteiger partial charge is 0.457 e. The number of fused-ring (bicyclic) bond motifs is 3. The third kappa shape index (κ3) is 8.41. The second-order valence-electron chi connectivity index (χ2n) is 21.5. The lowest BCUT2D eigenvalue weighted by Crippen LogP contribution is -2.27. The zero-order chi connectivity index (χ0) is 46.7. The molecular weight excluding hydrogens is 805 g/mol. The highest BCUT2D eigenvalue weighted by molar-refractivity contribution is 6.10. The number of hydrogen-bond donors (Lipinski definition) is 0. The van der Waals surface area contributed by atoms with E-state index in [0.717, 1.165) is 39.4 Å². The van der Waals surface area contributed by atoms with Crippen molar-refractivity contribution in [1.82, 2.24) is 9.55 Å². The van der Waals surface area contributed by atoms with Crippen LogP contribution in [-0.2, 0) is 16.2 Å². The van der Waals surface area contributed by atoms with E-state index in [1.165, 1.54) is 55.7 Å². The van der Waals surface area contributed by atoms with Gasteiger partial charge < -0.3 is 14.5 Å². The van der Waals surface area contributed by atoms with E-state index in [0.29, 0.717) is 18.5 Å². The molecule has 0 spiro atoms. The summed E-state index contributed by atoms with van der Waals surface area (Å²) >= 11 is 0. The van der Waals surface area contributed by atoms with E-state index >= 15 is 0 Å². The molecule has 0 N–H and O–H groups in total. The lowest BCUT2D eigenvalue weighted by atomic mass is 9.78. The van der Waals surface area contributed by atoms with Gasteiger partial charge in [-0.05, 0) is 117 Å². The van der Waals surface area contributed by atoms with E-state index in [-0.39, 0.29) is 16.2 Å². The van der Waals surface area contributed by atoms with Crippen molar-refractivity contribution in [3.63, 3.8) is 0 Å². The molecule has 0 saturated heterocycles. The molecule has 0 unspecified atom stereocenters. The van der Waals surface area contributed by atoms with Crippen molar-refractivity contribution < 1.29 is 4.74 Å². The lowest BCUT2D eigenvalue weighted by Gasteiger charge is -2.29. The van der Waals surface area contributed by atoms with Gasteiger partial charge >= 0.3 is 0 Å². The third-order valence-corrected chi connectivity index (χ3v) is 13.7. The van der Waals surface area contributed by atoms with E-state index in [1.54, 1.807) is 0 Å². The monoisotopic (exact) mass is 871 g/mol. The number of pyridine rings is 1. The van der Waals surface area contributed by atoms with E-state index in [1.807, 2.05) is 6.20 Å². The normalized spacial score (nSPS) is 13.7. The first kappa shape index (κ1) is 44.6. The maximum absolute atomic E-state index is 6.87. The minimum Gasteiger partial charge on any atom is -0.457 e. The Kier molecular flexibility index (Phi) is 11.5. The Morgan fingerprint density at radius 1 is 0.515 bits per heavy atom. The fourth-order valence-electron chi connectivity index (χ4n) is 9.64. The molecule has 1 aliphatic heterocycles. The highest BCUT2D eigenvalue weighted by atomic mass is 16.5. The van der Waals surface area contributed by atoms with Crippen LogP contribution in [0.1, 0.15) is 134 Å². The molecule has 5 nitrogen and oxygen atoms in total. The van der Waals surface area contributed by atoms with Crippen LogP contribution in [0.2, 0.25) is 0 Å². The predicted octanol–water partition coefficient (Wildman–Crippen LogP) is 16.4. The molecule has 0 amide bonds. The number of nitrogens with zero attached hydrogens (tertiary/aromatic N) is 4. The highest BCUT2D eigenvalue weighted by Crippen LogP contribution is 2.43. The highest BCUT2D eigenvalue weighted by Gasteiger charge is 2.31. The summed E-state index contributed by atoms with van der Waals surface area (Å²) in [6, 6.07) is 53.1.